The average molecular weight is 435 g/mol. The fraction of sp³-hybridized carbons (Fsp3) is 0.381. The van der Waals surface area contributed by atoms with Crippen LogP contribution in [0.2, 0.25) is 0 Å². The summed E-state index contributed by atoms with van der Waals surface area (Å²) < 4.78 is 0. The first-order valence-electron chi connectivity index (χ1n) is 9.21. The highest BCUT2D eigenvalue weighted by atomic mass is 35.5. The third-order valence-electron chi connectivity index (χ3n) is 3.88. The van der Waals surface area contributed by atoms with Gasteiger partial charge in [0, 0.05) is 42.3 Å². The SMILES string of the molecule is CCNC(=O)C(=CC(C)Nc1cccc(N(C)C(=O)CCl)c1)SCC=C(C)C#N. The lowest BCUT2D eigenvalue weighted by Crippen LogP contribution is -2.27. The van der Waals surface area contributed by atoms with E-state index in [4.69, 9.17) is 16.9 Å². The number of carbonyl (C=O) groups is 2. The quantitative estimate of drug-likeness (QED) is 0.331. The molecule has 29 heavy (non-hydrogen) atoms. The minimum atomic E-state index is -0.188. The maximum absolute atomic E-state index is 12.4. The molecule has 0 aliphatic rings. The van der Waals surface area contributed by atoms with Crippen molar-refractivity contribution in [2.75, 3.05) is 35.4 Å². The summed E-state index contributed by atoms with van der Waals surface area (Å²) in [6.07, 6.45) is 3.65. The summed E-state index contributed by atoms with van der Waals surface area (Å²) in [4.78, 5) is 26.2. The third-order valence-corrected chi connectivity index (χ3v) is 5.08. The lowest BCUT2D eigenvalue weighted by atomic mass is 10.2. The number of hydrogen-bond donors (Lipinski definition) is 2. The van der Waals surface area contributed by atoms with Gasteiger partial charge in [-0.3, -0.25) is 9.59 Å². The molecule has 1 aromatic rings. The molecule has 0 saturated heterocycles. The predicted octanol–water partition coefficient (Wildman–Crippen LogP) is 3.91. The van der Waals surface area contributed by atoms with Gasteiger partial charge in [-0.2, -0.15) is 5.26 Å². The molecular formula is C21H27ClN4O2S. The van der Waals surface area contributed by atoms with E-state index in [0.29, 0.717) is 22.8 Å². The van der Waals surface area contributed by atoms with E-state index in [1.165, 1.54) is 16.7 Å². The van der Waals surface area contributed by atoms with Crippen molar-refractivity contribution in [2.45, 2.75) is 26.8 Å². The lowest BCUT2D eigenvalue weighted by Gasteiger charge is -2.19. The van der Waals surface area contributed by atoms with Crippen LogP contribution in [-0.4, -0.2) is 43.1 Å². The van der Waals surface area contributed by atoms with Crippen LogP contribution < -0.4 is 15.5 Å². The van der Waals surface area contributed by atoms with Crippen LogP contribution in [0.4, 0.5) is 11.4 Å². The number of allylic oxidation sites excluding steroid dienone is 1. The van der Waals surface area contributed by atoms with E-state index in [1.54, 1.807) is 20.0 Å². The molecule has 0 aliphatic carbocycles. The van der Waals surface area contributed by atoms with Gasteiger partial charge < -0.3 is 15.5 Å². The van der Waals surface area contributed by atoms with Crippen LogP contribution in [-0.2, 0) is 9.59 Å². The zero-order chi connectivity index (χ0) is 21.8. The average Bonchev–Trinajstić information content (AvgIpc) is 2.71. The van der Waals surface area contributed by atoms with Crippen molar-refractivity contribution in [1.82, 2.24) is 5.32 Å². The topological polar surface area (TPSA) is 85.2 Å². The van der Waals surface area contributed by atoms with Gasteiger partial charge in [0.05, 0.1) is 11.0 Å². The molecule has 2 N–H and O–H groups in total. The Labute approximate surface area is 182 Å². The smallest absolute Gasteiger partial charge is 0.257 e. The van der Waals surface area contributed by atoms with Crippen molar-refractivity contribution in [2.24, 2.45) is 0 Å². The summed E-state index contributed by atoms with van der Waals surface area (Å²) in [6.45, 7) is 6.08. The number of nitrogens with one attached hydrogen (secondary N) is 2. The van der Waals surface area contributed by atoms with Crippen molar-refractivity contribution in [1.29, 1.82) is 5.26 Å². The maximum atomic E-state index is 12.4. The van der Waals surface area contributed by atoms with Crippen molar-refractivity contribution in [3.05, 3.63) is 46.9 Å². The van der Waals surface area contributed by atoms with E-state index in [9.17, 15) is 9.59 Å². The Bertz CT molecular complexity index is 817. The maximum Gasteiger partial charge on any atom is 0.257 e. The summed E-state index contributed by atoms with van der Waals surface area (Å²) in [6, 6.07) is 9.36. The van der Waals surface area contributed by atoms with Crippen LogP contribution >= 0.6 is 23.4 Å². The number of thioether (sulfide) groups is 1. The second-order valence-electron chi connectivity index (χ2n) is 6.27. The second-order valence-corrected chi connectivity index (χ2v) is 7.60. The number of halogens is 1. The molecule has 0 heterocycles. The molecule has 1 aromatic carbocycles. The molecule has 0 radical (unpaired) electrons. The Hall–Kier alpha value is -2.43. The Morgan fingerprint density at radius 2 is 2.14 bits per heavy atom. The molecular weight excluding hydrogens is 408 g/mol. The van der Waals surface area contributed by atoms with Crippen LogP contribution in [0.1, 0.15) is 20.8 Å². The minimum absolute atomic E-state index is 0.0832. The summed E-state index contributed by atoms with van der Waals surface area (Å²) in [7, 11) is 1.67. The van der Waals surface area contributed by atoms with Gasteiger partial charge in [-0.15, -0.1) is 23.4 Å². The monoisotopic (exact) mass is 434 g/mol. The summed E-state index contributed by atoms with van der Waals surface area (Å²) in [5.74, 6) is 0.124. The van der Waals surface area contributed by atoms with Gasteiger partial charge in [0.2, 0.25) is 5.91 Å². The molecule has 0 fully saturated rings. The normalized spacial score (nSPS) is 12.7. The number of alkyl halides is 1. The van der Waals surface area contributed by atoms with Gasteiger partial charge in [-0.1, -0.05) is 12.1 Å². The summed E-state index contributed by atoms with van der Waals surface area (Å²) in [5, 5.41) is 15.0. The van der Waals surface area contributed by atoms with Gasteiger partial charge in [0.1, 0.15) is 5.88 Å². The zero-order valence-electron chi connectivity index (χ0n) is 17.2. The number of benzene rings is 1. The van der Waals surface area contributed by atoms with Crippen molar-refractivity contribution >= 4 is 46.6 Å². The van der Waals surface area contributed by atoms with E-state index < -0.39 is 0 Å². The standard InChI is InChI=1S/C21H27ClN4O2S/c1-5-24-21(28)19(29-10-9-15(2)14-23)11-16(3)25-17-7-6-8-18(12-17)26(4)20(27)13-22/h6-9,11-12,16,25H,5,10,13H2,1-4H3,(H,24,28). The molecule has 156 valence electrons. The fourth-order valence-corrected chi connectivity index (χ4v) is 3.50. The molecule has 0 aliphatic heterocycles. The highest BCUT2D eigenvalue weighted by Gasteiger charge is 2.13. The van der Waals surface area contributed by atoms with Gasteiger partial charge in [-0.05, 0) is 45.0 Å². The first kappa shape index (κ1) is 24.6. The van der Waals surface area contributed by atoms with Crippen molar-refractivity contribution in [3.8, 4) is 6.07 Å². The first-order chi connectivity index (χ1) is 13.8. The second kappa shape index (κ2) is 12.9. The Kier molecular flexibility index (Phi) is 11.0. The van der Waals surface area contributed by atoms with Gasteiger partial charge in [-0.25, -0.2) is 0 Å². The first-order valence-corrected chi connectivity index (χ1v) is 10.7. The lowest BCUT2D eigenvalue weighted by molar-refractivity contribution is -0.117. The number of anilines is 2. The van der Waals surface area contributed by atoms with Crippen LogP contribution in [0.3, 0.4) is 0 Å². The Morgan fingerprint density at radius 3 is 2.76 bits per heavy atom. The molecule has 1 unspecified atom stereocenters. The van der Waals surface area contributed by atoms with Crippen LogP contribution in [0.15, 0.2) is 46.9 Å². The van der Waals surface area contributed by atoms with Crippen LogP contribution in [0.5, 0.6) is 0 Å². The molecule has 1 rings (SSSR count). The van der Waals surface area contributed by atoms with E-state index in [-0.39, 0.29) is 23.7 Å². The van der Waals surface area contributed by atoms with Gasteiger partial charge in [0.25, 0.3) is 5.91 Å². The Morgan fingerprint density at radius 1 is 1.41 bits per heavy atom. The van der Waals surface area contributed by atoms with Crippen molar-refractivity contribution < 1.29 is 9.59 Å². The summed E-state index contributed by atoms with van der Waals surface area (Å²) >= 11 is 7.01. The molecule has 0 bridgehead atoms. The van der Waals surface area contributed by atoms with Gasteiger partial charge >= 0.3 is 0 Å². The highest BCUT2D eigenvalue weighted by Crippen LogP contribution is 2.22. The third kappa shape index (κ3) is 8.63. The summed E-state index contributed by atoms with van der Waals surface area (Å²) in [5.41, 5.74) is 2.17. The molecule has 2 amide bonds. The zero-order valence-corrected chi connectivity index (χ0v) is 18.7. The number of hydrogen-bond acceptors (Lipinski definition) is 5. The van der Waals surface area contributed by atoms with E-state index >= 15 is 0 Å². The number of nitrogens with zero attached hydrogens (tertiary/aromatic N) is 2. The van der Waals surface area contributed by atoms with E-state index in [0.717, 1.165) is 11.4 Å². The molecule has 0 aromatic heterocycles. The highest BCUT2D eigenvalue weighted by molar-refractivity contribution is 8.04. The Balaban J connectivity index is 2.93. The molecule has 1 atom stereocenters. The number of carbonyl (C=O) groups excluding carboxylic acids is 2. The van der Waals surface area contributed by atoms with Gasteiger partial charge in [0.15, 0.2) is 0 Å². The van der Waals surface area contributed by atoms with E-state index in [2.05, 4.69) is 16.7 Å². The molecule has 0 saturated carbocycles. The number of nitriles is 1. The fourth-order valence-electron chi connectivity index (χ4n) is 2.31. The molecule has 8 heteroatoms. The van der Waals surface area contributed by atoms with Crippen molar-refractivity contribution in [3.63, 3.8) is 0 Å². The minimum Gasteiger partial charge on any atom is -0.379 e. The number of rotatable bonds is 10. The van der Waals surface area contributed by atoms with E-state index in [1.807, 2.05) is 44.2 Å². The predicted molar refractivity (Wildman–Crippen MR) is 122 cm³/mol. The largest absolute Gasteiger partial charge is 0.379 e. The molecule has 0 spiro atoms. The molecule has 6 nitrogen and oxygen atoms in total. The number of amides is 2. The van der Waals surface area contributed by atoms with Crippen LogP contribution in [0.25, 0.3) is 0 Å². The number of likely N-dealkylation sites (N-methyl/N-ethyl adjacent to an activating group) is 1. The van der Waals surface area contributed by atoms with Crippen LogP contribution in [0, 0.1) is 11.3 Å².